The minimum absolute atomic E-state index is 0.382. The molecule has 1 atom stereocenters. The minimum atomic E-state index is -1.07. The predicted octanol–water partition coefficient (Wildman–Crippen LogP) is 1.54. The molecule has 0 aliphatic heterocycles. The number of aliphatic carboxylic acids is 1. The van der Waals surface area contributed by atoms with Crippen molar-refractivity contribution < 1.29 is 14.7 Å². The lowest BCUT2D eigenvalue weighted by Crippen LogP contribution is -2.38. The van der Waals surface area contributed by atoms with Crippen LogP contribution in [0.2, 0.25) is 5.02 Å². The lowest BCUT2D eigenvalue weighted by Gasteiger charge is -2.08. The van der Waals surface area contributed by atoms with E-state index >= 15 is 0 Å². The van der Waals surface area contributed by atoms with E-state index in [4.69, 9.17) is 16.7 Å². The first-order chi connectivity index (χ1) is 7.00. The van der Waals surface area contributed by atoms with Crippen LogP contribution < -0.4 is 5.32 Å². The molecule has 0 fully saturated rings. The quantitative estimate of drug-likeness (QED) is 0.823. The average molecular weight is 228 g/mol. The van der Waals surface area contributed by atoms with Gasteiger partial charge in [-0.1, -0.05) is 11.6 Å². The zero-order valence-corrected chi connectivity index (χ0v) is 8.78. The van der Waals surface area contributed by atoms with Crippen LogP contribution in [-0.2, 0) is 4.79 Å². The first-order valence-electron chi connectivity index (χ1n) is 4.30. The number of rotatable bonds is 3. The number of carbonyl (C=O) groups excluding carboxylic acids is 1. The van der Waals surface area contributed by atoms with E-state index < -0.39 is 17.9 Å². The molecule has 80 valence electrons. The Hall–Kier alpha value is -1.55. The van der Waals surface area contributed by atoms with E-state index in [-0.39, 0.29) is 0 Å². The molecule has 0 heterocycles. The summed E-state index contributed by atoms with van der Waals surface area (Å²) in [5, 5.41) is 11.4. The molecule has 0 radical (unpaired) electrons. The first-order valence-corrected chi connectivity index (χ1v) is 4.67. The van der Waals surface area contributed by atoms with Gasteiger partial charge in [-0.05, 0) is 31.2 Å². The van der Waals surface area contributed by atoms with E-state index in [1.54, 1.807) is 12.1 Å². The maximum Gasteiger partial charge on any atom is 0.325 e. The van der Waals surface area contributed by atoms with Crippen molar-refractivity contribution in [3.05, 3.63) is 34.9 Å². The summed E-state index contributed by atoms with van der Waals surface area (Å²) in [4.78, 5) is 21.9. The van der Waals surface area contributed by atoms with E-state index in [2.05, 4.69) is 5.32 Å². The number of carboxylic acids is 1. The van der Waals surface area contributed by atoms with Crippen molar-refractivity contribution in [2.24, 2.45) is 0 Å². The molecule has 1 aromatic rings. The lowest BCUT2D eigenvalue weighted by molar-refractivity contribution is -0.138. The molecule has 4 nitrogen and oxygen atoms in total. The fraction of sp³-hybridized carbons (Fsp3) is 0.200. The molecule has 1 rings (SSSR count). The Kier molecular flexibility index (Phi) is 3.68. The van der Waals surface area contributed by atoms with Crippen LogP contribution >= 0.6 is 11.6 Å². The smallest absolute Gasteiger partial charge is 0.325 e. The summed E-state index contributed by atoms with van der Waals surface area (Å²) in [7, 11) is 0. The average Bonchev–Trinajstić information content (AvgIpc) is 2.18. The zero-order valence-electron chi connectivity index (χ0n) is 8.03. The number of hydrogen-bond donors (Lipinski definition) is 2. The second-order valence-electron chi connectivity index (χ2n) is 3.04. The van der Waals surface area contributed by atoms with Crippen molar-refractivity contribution >= 4 is 23.5 Å². The van der Waals surface area contributed by atoms with Crippen molar-refractivity contribution in [2.75, 3.05) is 0 Å². The van der Waals surface area contributed by atoms with Gasteiger partial charge in [0.1, 0.15) is 6.04 Å². The van der Waals surface area contributed by atoms with E-state index in [0.717, 1.165) is 0 Å². The number of carboxylic acid groups (broad SMARTS) is 1. The van der Waals surface area contributed by atoms with Crippen molar-refractivity contribution in [3.63, 3.8) is 0 Å². The Morgan fingerprint density at radius 2 is 1.87 bits per heavy atom. The van der Waals surface area contributed by atoms with Crippen LogP contribution in [0, 0.1) is 0 Å². The van der Waals surface area contributed by atoms with Crippen LogP contribution in [0.3, 0.4) is 0 Å². The van der Waals surface area contributed by atoms with Crippen LogP contribution in [0.15, 0.2) is 24.3 Å². The summed E-state index contributed by atoms with van der Waals surface area (Å²) >= 11 is 5.65. The van der Waals surface area contributed by atoms with Gasteiger partial charge in [0.25, 0.3) is 5.91 Å². The summed E-state index contributed by atoms with van der Waals surface area (Å²) in [6.07, 6.45) is 0. The van der Waals surface area contributed by atoms with Crippen molar-refractivity contribution in [2.45, 2.75) is 13.0 Å². The highest BCUT2D eigenvalue weighted by Crippen LogP contribution is 2.09. The third-order valence-corrected chi connectivity index (χ3v) is 2.08. The fourth-order valence-corrected chi connectivity index (χ4v) is 1.07. The summed E-state index contributed by atoms with van der Waals surface area (Å²) < 4.78 is 0. The van der Waals surface area contributed by atoms with Gasteiger partial charge in [-0.25, -0.2) is 0 Å². The maximum absolute atomic E-state index is 11.5. The van der Waals surface area contributed by atoms with Gasteiger partial charge in [0.2, 0.25) is 0 Å². The van der Waals surface area contributed by atoms with Gasteiger partial charge < -0.3 is 10.4 Å². The Bertz CT molecular complexity index is 375. The first kappa shape index (κ1) is 11.5. The van der Waals surface area contributed by atoms with Gasteiger partial charge in [-0.2, -0.15) is 0 Å². The number of nitrogens with one attached hydrogen (secondary N) is 1. The molecule has 5 heteroatoms. The van der Waals surface area contributed by atoms with Crippen LogP contribution in [0.5, 0.6) is 0 Å². The van der Waals surface area contributed by atoms with E-state index in [1.807, 2.05) is 0 Å². The molecule has 1 aromatic carbocycles. The normalized spacial score (nSPS) is 11.9. The molecular formula is C10H10ClNO3. The molecule has 1 unspecified atom stereocenters. The SMILES string of the molecule is CC(NC(=O)c1ccc(Cl)cc1)C(=O)O. The third kappa shape index (κ3) is 3.25. The van der Waals surface area contributed by atoms with Crippen LogP contribution in [0.1, 0.15) is 17.3 Å². The van der Waals surface area contributed by atoms with E-state index in [9.17, 15) is 9.59 Å². The monoisotopic (exact) mass is 227 g/mol. The van der Waals surface area contributed by atoms with Crippen molar-refractivity contribution in [3.8, 4) is 0 Å². The van der Waals surface area contributed by atoms with Crippen LogP contribution in [0.25, 0.3) is 0 Å². The Morgan fingerprint density at radius 1 is 1.33 bits per heavy atom. The van der Waals surface area contributed by atoms with Gasteiger partial charge >= 0.3 is 5.97 Å². The van der Waals surface area contributed by atoms with Crippen molar-refractivity contribution in [1.29, 1.82) is 0 Å². The molecule has 0 saturated carbocycles. The number of hydrogen-bond acceptors (Lipinski definition) is 2. The number of benzene rings is 1. The molecule has 1 amide bonds. The standard InChI is InChI=1S/C10H10ClNO3/c1-6(10(14)15)12-9(13)7-2-4-8(11)5-3-7/h2-6H,1H3,(H,12,13)(H,14,15). The highest BCUT2D eigenvalue weighted by molar-refractivity contribution is 6.30. The predicted molar refractivity (Wildman–Crippen MR) is 56.0 cm³/mol. The molecule has 0 bridgehead atoms. The molecule has 0 aliphatic carbocycles. The zero-order chi connectivity index (χ0) is 11.4. The Balaban J connectivity index is 2.69. The molecule has 0 aliphatic rings. The number of amides is 1. The fourth-order valence-electron chi connectivity index (χ4n) is 0.943. The topological polar surface area (TPSA) is 66.4 Å². The van der Waals surface area contributed by atoms with Gasteiger partial charge in [0.05, 0.1) is 0 Å². The summed E-state index contributed by atoms with van der Waals surface area (Å²) in [5.74, 6) is -1.50. The summed E-state index contributed by atoms with van der Waals surface area (Å²) in [5.41, 5.74) is 0.382. The molecule has 2 N–H and O–H groups in total. The molecule has 0 aromatic heterocycles. The highest BCUT2D eigenvalue weighted by atomic mass is 35.5. The maximum atomic E-state index is 11.5. The van der Waals surface area contributed by atoms with Gasteiger partial charge in [-0.3, -0.25) is 9.59 Å². The van der Waals surface area contributed by atoms with Gasteiger partial charge in [0, 0.05) is 10.6 Å². The van der Waals surface area contributed by atoms with E-state index in [1.165, 1.54) is 19.1 Å². The number of halogens is 1. The minimum Gasteiger partial charge on any atom is -0.480 e. The summed E-state index contributed by atoms with van der Waals surface area (Å²) in [6, 6.07) is 5.30. The van der Waals surface area contributed by atoms with Gasteiger partial charge in [-0.15, -0.1) is 0 Å². The molecule has 15 heavy (non-hydrogen) atoms. The van der Waals surface area contributed by atoms with Crippen molar-refractivity contribution in [1.82, 2.24) is 5.32 Å². The largest absolute Gasteiger partial charge is 0.480 e. The molecule has 0 saturated heterocycles. The summed E-state index contributed by atoms with van der Waals surface area (Å²) in [6.45, 7) is 1.40. The van der Waals surface area contributed by atoms with Gasteiger partial charge in [0.15, 0.2) is 0 Å². The molecule has 0 spiro atoms. The lowest BCUT2D eigenvalue weighted by atomic mass is 10.2. The Labute approximate surface area is 91.9 Å². The van der Waals surface area contributed by atoms with Crippen LogP contribution in [-0.4, -0.2) is 23.0 Å². The number of carbonyl (C=O) groups is 2. The second-order valence-corrected chi connectivity index (χ2v) is 3.48. The molecular weight excluding hydrogens is 218 g/mol. The van der Waals surface area contributed by atoms with Crippen LogP contribution in [0.4, 0.5) is 0 Å². The Morgan fingerprint density at radius 3 is 2.33 bits per heavy atom. The highest BCUT2D eigenvalue weighted by Gasteiger charge is 2.14. The van der Waals surface area contributed by atoms with E-state index in [0.29, 0.717) is 10.6 Å². The third-order valence-electron chi connectivity index (χ3n) is 1.82. The second kappa shape index (κ2) is 4.79.